The number of hydrogen-bond donors (Lipinski definition) is 0. The summed E-state index contributed by atoms with van der Waals surface area (Å²) in [7, 11) is 0. The van der Waals surface area contributed by atoms with E-state index in [9.17, 15) is 9.59 Å². The molecule has 0 N–H and O–H groups in total. The lowest BCUT2D eigenvalue weighted by atomic mass is 10.0. The summed E-state index contributed by atoms with van der Waals surface area (Å²) in [5.74, 6) is 0.607. The summed E-state index contributed by atoms with van der Waals surface area (Å²) in [6.07, 6.45) is 1.71. The molecule has 1 aliphatic rings. The molecule has 0 spiro atoms. The van der Waals surface area contributed by atoms with Crippen LogP contribution in [0.15, 0.2) is 40.9 Å². The van der Waals surface area contributed by atoms with E-state index in [1.54, 1.807) is 17.9 Å². The Bertz CT molecular complexity index is 741. The van der Waals surface area contributed by atoms with Gasteiger partial charge in [-0.15, -0.1) is 0 Å². The molecule has 2 heterocycles. The molecule has 0 bridgehead atoms. The normalized spacial score (nSPS) is 17.6. The quantitative estimate of drug-likeness (QED) is 0.857. The SMILES string of the molecule is CCCc1cc(C(=O)N2CCN(C(C)=O)C(c3ccccc3)C2)no1. The number of benzene rings is 1. The Labute approximate surface area is 147 Å². The van der Waals surface area contributed by atoms with Gasteiger partial charge in [0.05, 0.1) is 6.04 Å². The van der Waals surface area contributed by atoms with Crippen LogP contribution >= 0.6 is 0 Å². The number of carbonyl (C=O) groups is 2. The van der Waals surface area contributed by atoms with Crippen molar-refractivity contribution < 1.29 is 14.1 Å². The average Bonchev–Trinajstić information content (AvgIpc) is 3.10. The van der Waals surface area contributed by atoms with Gasteiger partial charge >= 0.3 is 0 Å². The lowest BCUT2D eigenvalue weighted by Gasteiger charge is -2.41. The van der Waals surface area contributed by atoms with Crippen LogP contribution in [-0.4, -0.2) is 46.4 Å². The molecule has 0 saturated carbocycles. The minimum Gasteiger partial charge on any atom is -0.361 e. The predicted octanol–water partition coefficient (Wildman–Crippen LogP) is 2.67. The Balaban J connectivity index is 1.79. The Morgan fingerprint density at radius 2 is 2.00 bits per heavy atom. The van der Waals surface area contributed by atoms with Gasteiger partial charge in [-0.1, -0.05) is 42.4 Å². The molecule has 2 aromatic rings. The maximum atomic E-state index is 12.8. The van der Waals surface area contributed by atoms with E-state index in [0.717, 1.165) is 24.2 Å². The molecular formula is C19H23N3O3. The third-order valence-corrected chi connectivity index (χ3v) is 4.53. The number of piperazine rings is 1. The van der Waals surface area contributed by atoms with Crippen molar-refractivity contribution in [1.29, 1.82) is 0 Å². The Morgan fingerprint density at radius 1 is 1.24 bits per heavy atom. The van der Waals surface area contributed by atoms with Gasteiger partial charge in [-0.25, -0.2) is 0 Å². The number of carbonyl (C=O) groups excluding carboxylic acids is 2. The maximum Gasteiger partial charge on any atom is 0.276 e. The number of amides is 2. The van der Waals surface area contributed by atoms with Crippen molar-refractivity contribution in [2.75, 3.05) is 19.6 Å². The van der Waals surface area contributed by atoms with Crippen LogP contribution in [0.3, 0.4) is 0 Å². The third-order valence-electron chi connectivity index (χ3n) is 4.53. The van der Waals surface area contributed by atoms with Gasteiger partial charge in [0, 0.05) is 39.0 Å². The first-order valence-electron chi connectivity index (χ1n) is 8.67. The summed E-state index contributed by atoms with van der Waals surface area (Å²) >= 11 is 0. The molecule has 1 saturated heterocycles. The lowest BCUT2D eigenvalue weighted by molar-refractivity contribution is -0.133. The Morgan fingerprint density at radius 3 is 2.68 bits per heavy atom. The van der Waals surface area contributed by atoms with Crippen LogP contribution < -0.4 is 0 Å². The van der Waals surface area contributed by atoms with E-state index in [-0.39, 0.29) is 17.9 Å². The molecule has 3 rings (SSSR count). The topological polar surface area (TPSA) is 66.7 Å². The fraction of sp³-hybridized carbons (Fsp3) is 0.421. The van der Waals surface area contributed by atoms with Crippen molar-refractivity contribution in [1.82, 2.24) is 15.0 Å². The zero-order valence-electron chi connectivity index (χ0n) is 14.6. The molecule has 1 aromatic carbocycles. The summed E-state index contributed by atoms with van der Waals surface area (Å²) < 4.78 is 5.23. The number of aryl methyl sites for hydroxylation is 1. The maximum absolute atomic E-state index is 12.8. The summed E-state index contributed by atoms with van der Waals surface area (Å²) in [4.78, 5) is 28.3. The van der Waals surface area contributed by atoms with Crippen LogP contribution in [0.4, 0.5) is 0 Å². The molecule has 1 aliphatic heterocycles. The van der Waals surface area contributed by atoms with Crippen LogP contribution in [-0.2, 0) is 11.2 Å². The van der Waals surface area contributed by atoms with Crippen molar-refractivity contribution in [3.8, 4) is 0 Å². The first kappa shape index (κ1) is 17.2. The van der Waals surface area contributed by atoms with E-state index in [1.807, 2.05) is 35.2 Å². The lowest BCUT2D eigenvalue weighted by Crippen LogP contribution is -2.51. The van der Waals surface area contributed by atoms with E-state index in [4.69, 9.17) is 4.52 Å². The molecule has 1 aromatic heterocycles. The van der Waals surface area contributed by atoms with Crippen molar-refractivity contribution in [3.63, 3.8) is 0 Å². The van der Waals surface area contributed by atoms with E-state index >= 15 is 0 Å². The van der Waals surface area contributed by atoms with Gasteiger partial charge in [-0.05, 0) is 12.0 Å². The van der Waals surface area contributed by atoms with Crippen LogP contribution in [0.25, 0.3) is 0 Å². The second-order valence-electron chi connectivity index (χ2n) is 6.32. The molecule has 2 amide bonds. The summed E-state index contributed by atoms with van der Waals surface area (Å²) in [5, 5.41) is 3.92. The van der Waals surface area contributed by atoms with Gasteiger partial charge in [-0.2, -0.15) is 0 Å². The van der Waals surface area contributed by atoms with Crippen LogP contribution in [0.2, 0.25) is 0 Å². The van der Waals surface area contributed by atoms with Gasteiger partial charge in [-0.3, -0.25) is 9.59 Å². The molecule has 1 unspecified atom stereocenters. The highest BCUT2D eigenvalue weighted by Crippen LogP contribution is 2.26. The average molecular weight is 341 g/mol. The molecule has 6 nitrogen and oxygen atoms in total. The molecule has 1 atom stereocenters. The zero-order chi connectivity index (χ0) is 17.8. The van der Waals surface area contributed by atoms with Gasteiger partial charge in [0.25, 0.3) is 5.91 Å². The van der Waals surface area contributed by atoms with Crippen molar-refractivity contribution >= 4 is 11.8 Å². The fourth-order valence-corrected chi connectivity index (χ4v) is 3.24. The highest BCUT2D eigenvalue weighted by Gasteiger charge is 2.33. The number of hydrogen-bond acceptors (Lipinski definition) is 4. The molecule has 0 radical (unpaired) electrons. The number of aromatic nitrogens is 1. The molecule has 6 heteroatoms. The minimum absolute atomic E-state index is 0.0209. The van der Waals surface area contributed by atoms with Crippen LogP contribution in [0.5, 0.6) is 0 Å². The van der Waals surface area contributed by atoms with E-state index < -0.39 is 0 Å². The summed E-state index contributed by atoms with van der Waals surface area (Å²) in [6, 6.07) is 11.4. The minimum atomic E-state index is -0.143. The first-order chi connectivity index (χ1) is 12.1. The largest absolute Gasteiger partial charge is 0.361 e. The van der Waals surface area contributed by atoms with E-state index in [2.05, 4.69) is 12.1 Å². The molecular weight excluding hydrogens is 318 g/mol. The monoisotopic (exact) mass is 341 g/mol. The smallest absolute Gasteiger partial charge is 0.276 e. The Kier molecular flexibility index (Phi) is 5.16. The van der Waals surface area contributed by atoms with Gasteiger partial charge in [0.1, 0.15) is 5.76 Å². The van der Waals surface area contributed by atoms with E-state index in [0.29, 0.717) is 25.3 Å². The van der Waals surface area contributed by atoms with Crippen molar-refractivity contribution in [3.05, 3.63) is 53.4 Å². The van der Waals surface area contributed by atoms with Crippen molar-refractivity contribution in [2.45, 2.75) is 32.7 Å². The van der Waals surface area contributed by atoms with Crippen LogP contribution in [0.1, 0.15) is 48.1 Å². The fourth-order valence-electron chi connectivity index (χ4n) is 3.24. The highest BCUT2D eigenvalue weighted by atomic mass is 16.5. The molecule has 0 aliphatic carbocycles. The van der Waals surface area contributed by atoms with E-state index in [1.165, 1.54) is 0 Å². The number of nitrogens with zero attached hydrogens (tertiary/aromatic N) is 3. The first-order valence-corrected chi connectivity index (χ1v) is 8.67. The van der Waals surface area contributed by atoms with Gasteiger partial charge in [0.15, 0.2) is 5.69 Å². The Hall–Kier alpha value is -2.63. The molecule has 132 valence electrons. The molecule has 25 heavy (non-hydrogen) atoms. The highest BCUT2D eigenvalue weighted by molar-refractivity contribution is 5.92. The summed E-state index contributed by atoms with van der Waals surface area (Å²) in [6.45, 7) is 5.09. The summed E-state index contributed by atoms with van der Waals surface area (Å²) in [5.41, 5.74) is 1.37. The third kappa shape index (κ3) is 3.73. The predicted molar refractivity (Wildman–Crippen MR) is 93.0 cm³/mol. The van der Waals surface area contributed by atoms with Gasteiger partial charge in [0.2, 0.25) is 5.91 Å². The standard InChI is InChI=1S/C19H23N3O3/c1-3-7-16-12-17(20-25-16)19(24)21-10-11-22(14(2)23)18(13-21)15-8-5-4-6-9-15/h4-6,8-9,12,18H,3,7,10-11,13H2,1-2H3. The van der Waals surface area contributed by atoms with Crippen LogP contribution in [0, 0.1) is 0 Å². The zero-order valence-corrected chi connectivity index (χ0v) is 14.6. The number of rotatable bonds is 4. The second-order valence-corrected chi connectivity index (χ2v) is 6.32. The second kappa shape index (κ2) is 7.51. The van der Waals surface area contributed by atoms with Gasteiger partial charge < -0.3 is 14.3 Å². The molecule has 1 fully saturated rings. The van der Waals surface area contributed by atoms with Crippen molar-refractivity contribution in [2.24, 2.45) is 0 Å².